The lowest BCUT2D eigenvalue weighted by molar-refractivity contribution is 0.574. The summed E-state index contributed by atoms with van der Waals surface area (Å²) in [5.41, 5.74) is 0. The van der Waals surface area contributed by atoms with Gasteiger partial charge in [-0.05, 0) is 25.7 Å². The van der Waals surface area contributed by atoms with Crippen molar-refractivity contribution in [2.24, 2.45) is 5.92 Å². The van der Waals surface area contributed by atoms with E-state index in [9.17, 15) is 0 Å². The highest BCUT2D eigenvalue weighted by molar-refractivity contribution is 5.25. The molecule has 1 aromatic heterocycles. The normalized spacial score (nSPS) is 17.5. The molecule has 1 aliphatic rings. The third-order valence-electron chi connectivity index (χ3n) is 3.08. The Labute approximate surface area is 85.5 Å². The van der Waals surface area contributed by atoms with Crippen molar-refractivity contribution in [2.45, 2.75) is 39.2 Å². The predicted octanol–water partition coefficient (Wildman–Crippen LogP) is 2.51. The molecule has 1 fully saturated rings. The fraction of sp³-hybridized carbons (Fsp3) is 0.727. The van der Waals surface area contributed by atoms with Crippen molar-refractivity contribution in [3.8, 4) is 0 Å². The van der Waals surface area contributed by atoms with Gasteiger partial charge in [-0.25, -0.2) is 4.98 Å². The quantitative estimate of drug-likeness (QED) is 0.796. The summed E-state index contributed by atoms with van der Waals surface area (Å²) in [5.74, 6) is 1.90. The van der Waals surface area contributed by atoms with Crippen LogP contribution >= 0.6 is 0 Å². The molecule has 0 atom stereocenters. The maximum absolute atomic E-state index is 4.30. The molecule has 78 valence electrons. The Morgan fingerprint density at radius 1 is 1.50 bits per heavy atom. The van der Waals surface area contributed by atoms with Crippen LogP contribution in [0.3, 0.4) is 0 Å². The summed E-state index contributed by atoms with van der Waals surface area (Å²) in [6, 6.07) is 0. The Morgan fingerprint density at radius 3 is 3.00 bits per heavy atom. The van der Waals surface area contributed by atoms with E-state index in [1.165, 1.54) is 25.7 Å². The lowest BCUT2D eigenvalue weighted by Gasteiger charge is -2.11. The van der Waals surface area contributed by atoms with Crippen LogP contribution in [0, 0.1) is 5.92 Å². The Hall–Kier alpha value is -0.990. The number of rotatable bonds is 4. The lowest BCUT2D eigenvalue weighted by atomic mass is 10.1. The molecule has 1 aliphatic carbocycles. The van der Waals surface area contributed by atoms with E-state index in [0.717, 1.165) is 25.0 Å². The van der Waals surface area contributed by atoms with Gasteiger partial charge in [-0.15, -0.1) is 0 Å². The summed E-state index contributed by atoms with van der Waals surface area (Å²) in [4.78, 5) is 4.30. The first-order chi connectivity index (χ1) is 6.90. The lowest BCUT2D eigenvalue weighted by Crippen LogP contribution is -2.14. The Kier molecular flexibility index (Phi) is 3.07. The molecule has 1 saturated carbocycles. The minimum absolute atomic E-state index is 0.872. The predicted molar refractivity (Wildman–Crippen MR) is 58.3 cm³/mol. The van der Waals surface area contributed by atoms with Crippen LogP contribution in [-0.2, 0) is 6.54 Å². The van der Waals surface area contributed by atoms with Crippen molar-refractivity contribution >= 4 is 5.95 Å². The van der Waals surface area contributed by atoms with E-state index in [0.29, 0.717) is 0 Å². The van der Waals surface area contributed by atoms with Gasteiger partial charge >= 0.3 is 0 Å². The van der Waals surface area contributed by atoms with Crippen LogP contribution in [0.5, 0.6) is 0 Å². The van der Waals surface area contributed by atoms with Crippen molar-refractivity contribution in [3.63, 3.8) is 0 Å². The van der Waals surface area contributed by atoms with Crippen LogP contribution in [0.4, 0.5) is 5.95 Å². The van der Waals surface area contributed by atoms with Gasteiger partial charge in [-0.2, -0.15) is 0 Å². The summed E-state index contributed by atoms with van der Waals surface area (Å²) < 4.78 is 2.15. The molecule has 0 aromatic carbocycles. The number of hydrogen-bond donors (Lipinski definition) is 1. The molecular weight excluding hydrogens is 174 g/mol. The topological polar surface area (TPSA) is 29.9 Å². The smallest absolute Gasteiger partial charge is 0.202 e. The van der Waals surface area contributed by atoms with Gasteiger partial charge in [0.25, 0.3) is 0 Å². The van der Waals surface area contributed by atoms with Gasteiger partial charge < -0.3 is 9.88 Å². The van der Waals surface area contributed by atoms with E-state index in [-0.39, 0.29) is 0 Å². The second-order valence-electron chi connectivity index (χ2n) is 4.07. The maximum Gasteiger partial charge on any atom is 0.202 e. The van der Waals surface area contributed by atoms with Crippen molar-refractivity contribution in [2.75, 3.05) is 11.9 Å². The van der Waals surface area contributed by atoms with Crippen LogP contribution in [0.1, 0.15) is 32.6 Å². The first-order valence-corrected chi connectivity index (χ1v) is 5.65. The highest BCUT2D eigenvalue weighted by Crippen LogP contribution is 2.24. The van der Waals surface area contributed by atoms with E-state index >= 15 is 0 Å². The molecule has 0 unspecified atom stereocenters. The highest BCUT2D eigenvalue weighted by Gasteiger charge is 2.14. The molecular formula is C11H19N3. The summed E-state index contributed by atoms with van der Waals surface area (Å²) in [7, 11) is 0. The minimum atomic E-state index is 0.872. The molecule has 14 heavy (non-hydrogen) atoms. The third-order valence-corrected chi connectivity index (χ3v) is 3.08. The fourth-order valence-electron chi connectivity index (χ4n) is 2.18. The van der Waals surface area contributed by atoms with E-state index in [1.807, 2.05) is 12.4 Å². The maximum atomic E-state index is 4.30. The number of hydrogen-bond acceptors (Lipinski definition) is 2. The van der Waals surface area contributed by atoms with Crippen molar-refractivity contribution < 1.29 is 0 Å². The molecule has 0 radical (unpaired) electrons. The van der Waals surface area contributed by atoms with Gasteiger partial charge in [0.05, 0.1) is 0 Å². The van der Waals surface area contributed by atoms with Gasteiger partial charge in [0.15, 0.2) is 0 Å². The summed E-state index contributed by atoms with van der Waals surface area (Å²) in [5, 5.41) is 3.44. The first kappa shape index (κ1) is 9.56. The molecule has 1 aromatic rings. The van der Waals surface area contributed by atoms with Crippen LogP contribution in [0.2, 0.25) is 0 Å². The van der Waals surface area contributed by atoms with Crippen molar-refractivity contribution in [1.29, 1.82) is 0 Å². The number of nitrogens with one attached hydrogen (secondary N) is 1. The van der Waals surface area contributed by atoms with Gasteiger partial charge in [-0.3, -0.25) is 0 Å². The van der Waals surface area contributed by atoms with Crippen LogP contribution < -0.4 is 5.32 Å². The second-order valence-corrected chi connectivity index (χ2v) is 4.07. The Bertz CT molecular complexity index is 274. The van der Waals surface area contributed by atoms with Crippen molar-refractivity contribution in [1.82, 2.24) is 9.55 Å². The zero-order chi connectivity index (χ0) is 9.80. The number of aryl methyl sites for hydroxylation is 1. The minimum Gasteiger partial charge on any atom is -0.355 e. The van der Waals surface area contributed by atoms with E-state index in [2.05, 4.69) is 21.8 Å². The van der Waals surface area contributed by atoms with Gasteiger partial charge in [0.2, 0.25) is 5.95 Å². The molecule has 3 heteroatoms. The Balaban J connectivity index is 1.84. The molecule has 3 nitrogen and oxygen atoms in total. The molecule has 0 amide bonds. The highest BCUT2D eigenvalue weighted by atomic mass is 15.2. The zero-order valence-electron chi connectivity index (χ0n) is 8.87. The molecule has 1 N–H and O–H groups in total. The van der Waals surface area contributed by atoms with E-state index in [4.69, 9.17) is 0 Å². The molecule has 0 bridgehead atoms. The average molecular weight is 193 g/mol. The molecule has 0 spiro atoms. The summed E-state index contributed by atoms with van der Waals surface area (Å²) >= 11 is 0. The van der Waals surface area contributed by atoms with Gasteiger partial charge in [0, 0.05) is 25.5 Å². The van der Waals surface area contributed by atoms with Gasteiger partial charge in [-0.1, -0.05) is 12.8 Å². The Morgan fingerprint density at radius 2 is 2.29 bits per heavy atom. The average Bonchev–Trinajstić information content (AvgIpc) is 2.85. The molecule has 0 saturated heterocycles. The third kappa shape index (κ3) is 2.08. The summed E-state index contributed by atoms with van der Waals surface area (Å²) in [6.45, 7) is 4.23. The van der Waals surface area contributed by atoms with Gasteiger partial charge in [0.1, 0.15) is 0 Å². The molecule has 0 aliphatic heterocycles. The number of nitrogens with zero attached hydrogens (tertiary/aromatic N) is 2. The van der Waals surface area contributed by atoms with Crippen LogP contribution in [0.25, 0.3) is 0 Å². The monoisotopic (exact) mass is 193 g/mol. The first-order valence-electron chi connectivity index (χ1n) is 5.65. The standard InChI is InChI=1S/C11H19N3/c1-2-14-8-7-12-11(14)13-9-10-5-3-4-6-10/h7-8,10H,2-6,9H2,1H3,(H,12,13). The van der Waals surface area contributed by atoms with E-state index < -0.39 is 0 Å². The van der Waals surface area contributed by atoms with Crippen molar-refractivity contribution in [3.05, 3.63) is 12.4 Å². The summed E-state index contributed by atoms with van der Waals surface area (Å²) in [6.07, 6.45) is 9.49. The molecule has 2 rings (SSSR count). The largest absolute Gasteiger partial charge is 0.355 e. The number of imidazole rings is 1. The number of anilines is 1. The second kappa shape index (κ2) is 4.49. The fourth-order valence-corrected chi connectivity index (χ4v) is 2.18. The molecule has 1 heterocycles. The van der Waals surface area contributed by atoms with E-state index in [1.54, 1.807) is 0 Å². The SMILES string of the molecule is CCn1ccnc1NCC1CCCC1. The number of aromatic nitrogens is 2. The van der Waals surface area contributed by atoms with Crippen LogP contribution in [0.15, 0.2) is 12.4 Å². The zero-order valence-corrected chi connectivity index (χ0v) is 8.87. The van der Waals surface area contributed by atoms with Crippen LogP contribution in [-0.4, -0.2) is 16.1 Å².